The molecule has 0 aliphatic rings. The standard InChI is InChI=1S/C15H14Cl2O/c1-15(18,12-4-8-14(17)9-5-12)10-11-2-6-13(16)7-3-11/h2-9,18H,10H2,1H3. The minimum Gasteiger partial charge on any atom is -0.385 e. The number of hydrogen-bond donors (Lipinski definition) is 1. The average Bonchev–Trinajstić information content (AvgIpc) is 2.32. The minimum absolute atomic E-state index is 0.534. The van der Waals surface area contributed by atoms with Crippen LogP contribution in [0, 0.1) is 0 Å². The van der Waals surface area contributed by atoms with E-state index in [0.717, 1.165) is 11.1 Å². The summed E-state index contributed by atoms with van der Waals surface area (Å²) in [6.45, 7) is 1.80. The largest absolute Gasteiger partial charge is 0.385 e. The van der Waals surface area contributed by atoms with Gasteiger partial charge in [-0.1, -0.05) is 47.5 Å². The fourth-order valence-electron chi connectivity index (χ4n) is 1.91. The lowest BCUT2D eigenvalue weighted by atomic mass is 9.89. The molecule has 0 aliphatic heterocycles. The van der Waals surface area contributed by atoms with Gasteiger partial charge >= 0.3 is 0 Å². The van der Waals surface area contributed by atoms with E-state index >= 15 is 0 Å². The molecule has 0 radical (unpaired) electrons. The number of halogens is 2. The van der Waals surface area contributed by atoms with Crippen molar-refractivity contribution in [2.45, 2.75) is 18.9 Å². The lowest BCUT2D eigenvalue weighted by molar-refractivity contribution is 0.0576. The van der Waals surface area contributed by atoms with Gasteiger partial charge in [0.25, 0.3) is 0 Å². The van der Waals surface area contributed by atoms with E-state index in [9.17, 15) is 5.11 Å². The number of aliphatic hydroxyl groups is 1. The van der Waals surface area contributed by atoms with Crippen molar-refractivity contribution in [2.75, 3.05) is 0 Å². The zero-order valence-corrected chi connectivity index (χ0v) is 11.5. The van der Waals surface area contributed by atoms with Crippen molar-refractivity contribution < 1.29 is 5.11 Å². The highest BCUT2D eigenvalue weighted by Crippen LogP contribution is 2.26. The van der Waals surface area contributed by atoms with Gasteiger partial charge in [0, 0.05) is 16.5 Å². The molecule has 2 aromatic rings. The second-order valence-electron chi connectivity index (χ2n) is 4.58. The van der Waals surface area contributed by atoms with Crippen molar-refractivity contribution >= 4 is 23.2 Å². The fourth-order valence-corrected chi connectivity index (χ4v) is 2.16. The van der Waals surface area contributed by atoms with Crippen LogP contribution < -0.4 is 0 Å². The number of benzene rings is 2. The Morgan fingerprint density at radius 2 is 1.33 bits per heavy atom. The van der Waals surface area contributed by atoms with E-state index in [1.165, 1.54) is 0 Å². The van der Waals surface area contributed by atoms with Gasteiger partial charge < -0.3 is 5.11 Å². The van der Waals surface area contributed by atoms with Crippen molar-refractivity contribution in [1.82, 2.24) is 0 Å². The Labute approximate surface area is 117 Å². The van der Waals surface area contributed by atoms with Gasteiger partial charge in [0.1, 0.15) is 0 Å². The molecule has 1 nitrogen and oxygen atoms in total. The van der Waals surface area contributed by atoms with Crippen LogP contribution in [0.5, 0.6) is 0 Å². The quantitative estimate of drug-likeness (QED) is 0.881. The second kappa shape index (κ2) is 5.31. The lowest BCUT2D eigenvalue weighted by Gasteiger charge is -2.24. The van der Waals surface area contributed by atoms with Crippen LogP contribution in [0.25, 0.3) is 0 Å². The van der Waals surface area contributed by atoms with Crippen LogP contribution in [0.4, 0.5) is 0 Å². The zero-order chi connectivity index (χ0) is 13.2. The van der Waals surface area contributed by atoms with Gasteiger partial charge in [0.15, 0.2) is 0 Å². The van der Waals surface area contributed by atoms with Crippen molar-refractivity contribution in [3.05, 3.63) is 69.7 Å². The number of rotatable bonds is 3. The Hall–Kier alpha value is -1.02. The third-order valence-electron chi connectivity index (χ3n) is 2.93. The molecule has 94 valence electrons. The monoisotopic (exact) mass is 280 g/mol. The van der Waals surface area contributed by atoms with Gasteiger partial charge in [-0.3, -0.25) is 0 Å². The molecule has 0 saturated carbocycles. The first-order valence-corrected chi connectivity index (χ1v) is 6.46. The van der Waals surface area contributed by atoms with E-state index in [1.807, 2.05) is 36.4 Å². The van der Waals surface area contributed by atoms with Gasteiger partial charge in [-0.05, 0) is 42.3 Å². The SMILES string of the molecule is CC(O)(Cc1ccc(Cl)cc1)c1ccc(Cl)cc1. The van der Waals surface area contributed by atoms with Gasteiger partial charge in [-0.2, -0.15) is 0 Å². The summed E-state index contributed by atoms with van der Waals surface area (Å²) in [7, 11) is 0. The number of hydrogen-bond acceptors (Lipinski definition) is 1. The molecular weight excluding hydrogens is 267 g/mol. The highest BCUT2D eigenvalue weighted by Gasteiger charge is 2.23. The normalized spacial score (nSPS) is 14.2. The van der Waals surface area contributed by atoms with E-state index in [0.29, 0.717) is 16.5 Å². The van der Waals surface area contributed by atoms with Crippen LogP contribution in [0.1, 0.15) is 18.1 Å². The third-order valence-corrected chi connectivity index (χ3v) is 3.43. The molecule has 18 heavy (non-hydrogen) atoms. The van der Waals surface area contributed by atoms with Crippen molar-refractivity contribution in [3.8, 4) is 0 Å². The molecule has 2 rings (SSSR count). The summed E-state index contributed by atoms with van der Waals surface area (Å²) in [5.41, 5.74) is 0.972. The van der Waals surface area contributed by atoms with Gasteiger partial charge in [-0.25, -0.2) is 0 Å². The molecule has 0 spiro atoms. The molecule has 0 heterocycles. The smallest absolute Gasteiger partial charge is 0.0908 e. The first kappa shape index (κ1) is 13.4. The van der Waals surface area contributed by atoms with Crippen LogP contribution in [0.3, 0.4) is 0 Å². The summed E-state index contributed by atoms with van der Waals surface area (Å²) >= 11 is 11.7. The molecule has 1 N–H and O–H groups in total. The van der Waals surface area contributed by atoms with Crippen molar-refractivity contribution in [1.29, 1.82) is 0 Å². The second-order valence-corrected chi connectivity index (χ2v) is 5.46. The first-order chi connectivity index (χ1) is 8.47. The topological polar surface area (TPSA) is 20.2 Å². The summed E-state index contributed by atoms with van der Waals surface area (Å²) in [6.07, 6.45) is 0.534. The molecule has 3 heteroatoms. The summed E-state index contributed by atoms with van der Waals surface area (Å²) < 4.78 is 0. The molecule has 0 aromatic heterocycles. The predicted octanol–water partition coefficient (Wildman–Crippen LogP) is 4.44. The Morgan fingerprint density at radius 3 is 1.83 bits per heavy atom. The van der Waals surface area contributed by atoms with Crippen LogP contribution in [-0.4, -0.2) is 5.11 Å². The molecule has 1 atom stereocenters. The minimum atomic E-state index is -0.918. The molecule has 0 aliphatic carbocycles. The lowest BCUT2D eigenvalue weighted by Crippen LogP contribution is -2.24. The van der Waals surface area contributed by atoms with Crippen LogP contribution >= 0.6 is 23.2 Å². The van der Waals surface area contributed by atoms with Crippen molar-refractivity contribution in [3.63, 3.8) is 0 Å². The van der Waals surface area contributed by atoms with Crippen LogP contribution in [-0.2, 0) is 12.0 Å². The Morgan fingerprint density at radius 1 is 0.889 bits per heavy atom. The Balaban J connectivity index is 2.20. The van der Waals surface area contributed by atoms with Crippen molar-refractivity contribution in [2.24, 2.45) is 0 Å². The highest BCUT2D eigenvalue weighted by molar-refractivity contribution is 6.30. The predicted molar refractivity (Wildman–Crippen MR) is 76.2 cm³/mol. The van der Waals surface area contributed by atoms with E-state index in [2.05, 4.69) is 0 Å². The maximum atomic E-state index is 10.5. The Kier molecular flexibility index (Phi) is 3.96. The molecule has 1 unspecified atom stereocenters. The molecule has 0 saturated heterocycles. The van der Waals surface area contributed by atoms with Crippen LogP contribution in [0.2, 0.25) is 10.0 Å². The van der Waals surface area contributed by atoms with E-state index in [1.54, 1.807) is 19.1 Å². The van der Waals surface area contributed by atoms with E-state index in [-0.39, 0.29) is 0 Å². The maximum Gasteiger partial charge on any atom is 0.0908 e. The van der Waals surface area contributed by atoms with E-state index in [4.69, 9.17) is 23.2 Å². The summed E-state index contributed by atoms with van der Waals surface area (Å²) in [5.74, 6) is 0. The highest BCUT2D eigenvalue weighted by atomic mass is 35.5. The summed E-state index contributed by atoms with van der Waals surface area (Å²) in [6, 6.07) is 14.8. The molecule has 2 aromatic carbocycles. The average molecular weight is 281 g/mol. The van der Waals surface area contributed by atoms with E-state index < -0.39 is 5.60 Å². The summed E-state index contributed by atoms with van der Waals surface area (Å²) in [4.78, 5) is 0. The van der Waals surface area contributed by atoms with Gasteiger partial charge in [0.05, 0.1) is 5.60 Å². The van der Waals surface area contributed by atoms with Gasteiger partial charge in [0.2, 0.25) is 0 Å². The maximum absolute atomic E-state index is 10.5. The first-order valence-electron chi connectivity index (χ1n) is 5.70. The third kappa shape index (κ3) is 3.26. The molecule has 0 bridgehead atoms. The zero-order valence-electron chi connectivity index (χ0n) is 10.0. The molecular formula is C15H14Cl2O. The Bertz CT molecular complexity index is 515. The van der Waals surface area contributed by atoms with Gasteiger partial charge in [-0.15, -0.1) is 0 Å². The fraction of sp³-hybridized carbons (Fsp3) is 0.200. The summed E-state index contributed by atoms with van der Waals surface area (Å²) in [5, 5.41) is 11.9. The van der Waals surface area contributed by atoms with Crippen LogP contribution in [0.15, 0.2) is 48.5 Å². The molecule has 0 fully saturated rings. The molecule has 0 amide bonds.